The van der Waals surface area contributed by atoms with Crippen LogP contribution < -0.4 is 5.73 Å². The molecule has 2 N–H and O–H groups in total. The largest absolute Gasteiger partial charge is 0.327 e. The second-order valence-corrected chi connectivity index (χ2v) is 5.45. The summed E-state index contributed by atoms with van der Waals surface area (Å²) in [5.74, 6) is 0.128. The lowest BCUT2D eigenvalue weighted by Crippen LogP contribution is -2.34. The van der Waals surface area contributed by atoms with Gasteiger partial charge in [-0.3, -0.25) is 14.5 Å². The molecule has 1 aromatic rings. The molecular formula is C15H18N2O2. The maximum Gasteiger partial charge on any atom is 0.261 e. The summed E-state index contributed by atoms with van der Waals surface area (Å²) in [6.45, 7) is 0.491. The topological polar surface area (TPSA) is 63.4 Å². The van der Waals surface area contributed by atoms with Crippen LogP contribution in [0.5, 0.6) is 0 Å². The highest BCUT2D eigenvalue weighted by molar-refractivity contribution is 6.21. The van der Waals surface area contributed by atoms with Gasteiger partial charge in [0, 0.05) is 12.6 Å². The molecule has 0 aromatic heterocycles. The third-order valence-electron chi connectivity index (χ3n) is 4.32. The molecule has 100 valence electrons. The van der Waals surface area contributed by atoms with Gasteiger partial charge in [0.15, 0.2) is 0 Å². The summed E-state index contributed by atoms with van der Waals surface area (Å²) < 4.78 is 0. The Morgan fingerprint density at radius 2 is 1.74 bits per heavy atom. The van der Waals surface area contributed by atoms with Gasteiger partial charge >= 0.3 is 0 Å². The van der Waals surface area contributed by atoms with Gasteiger partial charge in [0.2, 0.25) is 0 Å². The first-order valence-electron chi connectivity index (χ1n) is 6.89. The predicted octanol–water partition coefficient (Wildman–Crippen LogP) is 1.80. The van der Waals surface area contributed by atoms with Crippen molar-refractivity contribution >= 4 is 11.8 Å². The first kappa shape index (κ1) is 12.4. The van der Waals surface area contributed by atoms with Crippen molar-refractivity contribution in [2.75, 3.05) is 6.54 Å². The molecule has 19 heavy (non-hydrogen) atoms. The van der Waals surface area contributed by atoms with Crippen LogP contribution in [0.3, 0.4) is 0 Å². The van der Waals surface area contributed by atoms with E-state index in [-0.39, 0.29) is 17.9 Å². The maximum absolute atomic E-state index is 12.2. The summed E-state index contributed by atoms with van der Waals surface area (Å²) in [4.78, 5) is 25.7. The van der Waals surface area contributed by atoms with E-state index in [1.807, 2.05) is 0 Å². The minimum Gasteiger partial charge on any atom is -0.327 e. The van der Waals surface area contributed by atoms with E-state index in [2.05, 4.69) is 0 Å². The van der Waals surface area contributed by atoms with Gasteiger partial charge in [0.25, 0.3) is 11.8 Å². The molecule has 1 heterocycles. The number of carbonyl (C=O) groups excluding carboxylic acids is 2. The van der Waals surface area contributed by atoms with Crippen LogP contribution in [0.25, 0.3) is 0 Å². The molecule has 1 aromatic carbocycles. The molecule has 0 spiro atoms. The first-order chi connectivity index (χ1) is 9.18. The average molecular weight is 258 g/mol. The second-order valence-electron chi connectivity index (χ2n) is 5.45. The third-order valence-corrected chi connectivity index (χ3v) is 4.32. The number of imide groups is 1. The molecule has 2 atom stereocenters. The second kappa shape index (κ2) is 4.78. The number of nitrogens with two attached hydrogens (primary N) is 1. The van der Waals surface area contributed by atoms with E-state index in [9.17, 15) is 9.59 Å². The highest BCUT2D eigenvalue weighted by Gasteiger charge is 2.35. The molecule has 1 aliphatic carbocycles. The van der Waals surface area contributed by atoms with Crippen molar-refractivity contribution < 1.29 is 9.59 Å². The zero-order valence-electron chi connectivity index (χ0n) is 10.8. The summed E-state index contributed by atoms with van der Waals surface area (Å²) in [6.07, 6.45) is 4.16. The van der Waals surface area contributed by atoms with Crippen LogP contribution in [0.1, 0.15) is 46.4 Å². The molecule has 1 fully saturated rings. The molecule has 3 rings (SSSR count). The van der Waals surface area contributed by atoms with Gasteiger partial charge in [0.05, 0.1) is 11.1 Å². The van der Waals surface area contributed by atoms with Crippen molar-refractivity contribution in [2.45, 2.75) is 31.7 Å². The molecule has 0 bridgehead atoms. The smallest absolute Gasteiger partial charge is 0.261 e. The number of hydrogen-bond acceptors (Lipinski definition) is 3. The standard InChI is InChI=1S/C15H18N2O2/c16-13-7-3-4-10(13)8-9-17-14(18)11-5-1-2-6-12(11)15(17)19/h1-2,5-6,10,13H,3-4,7-9,16H2. The predicted molar refractivity (Wildman–Crippen MR) is 71.7 cm³/mol. The molecule has 4 heteroatoms. The van der Waals surface area contributed by atoms with Crippen LogP contribution in [0.15, 0.2) is 24.3 Å². The Kier molecular flexibility index (Phi) is 3.11. The fourth-order valence-electron chi connectivity index (χ4n) is 3.16. The molecule has 4 nitrogen and oxygen atoms in total. The Hall–Kier alpha value is -1.68. The van der Waals surface area contributed by atoms with Crippen molar-refractivity contribution in [3.05, 3.63) is 35.4 Å². The Balaban J connectivity index is 1.70. The minimum atomic E-state index is -0.160. The number of benzene rings is 1. The van der Waals surface area contributed by atoms with Gasteiger partial charge in [-0.05, 0) is 37.3 Å². The molecule has 2 amide bonds. The summed E-state index contributed by atoms with van der Waals surface area (Å²) >= 11 is 0. The van der Waals surface area contributed by atoms with Crippen LogP contribution >= 0.6 is 0 Å². The van der Waals surface area contributed by atoms with Gasteiger partial charge in [-0.25, -0.2) is 0 Å². The lowest BCUT2D eigenvalue weighted by Gasteiger charge is -2.19. The first-order valence-corrected chi connectivity index (χ1v) is 6.89. The van der Waals surface area contributed by atoms with E-state index >= 15 is 0 Å². The molecular weight excluding hydrogens is 240 g/mol. The van der Waals surface area contributed by atoms with Crippen molar-refractivity contribution in [1.82, 2.24) is 4.90 Å². The summed E-state index contributed by atoms with van der Waals surface area (Å²) in [6, 6.07) is 7.25. The molecule has 0 saturated heterocycles. The highest BCUT2D eigenvalue weighted by atomic mass is 16.2. The van der Waals surface area contributed by atoms with Gasteiger partial charge in [-0.2, -0.15) is 0 Å². The third kappa shape index (κ3) is 2.06. The van der Waals surface area contributed by atoms with Crippen LogP contribution in [-0.2, 0) is 0 Å². The van der Waals surface area contributed by atoms with Crippen molar-refractivity contribution in [3.63, 3.8) is 0 Å². The molecule has 0 radical (unpaired) electrons. The van der Waals surface area contributed by atoms with Crippen LogP contribution in [0.2, 0.25) is 0 Å². The molecule has 2 aliphatic rings. The number of carbonyl (C=O) groups is 2. The van der Waals surface area contributed by atoms with Crippen molar-refractivity contribution in [2.24, 2.45) is 11.7 Å². The van der Waals surface area contributed by atoms with Crippen LogP contribution in [-0.4, -0.2) is 29.3 Å². The monoisotopic (exact) mass is 258 g/mol. The van der Waals surface area contributed by atoms with E-state index in [1.54, 1.807) is 24.3 Å². The van der Waals surface area contributed by atoms with Gasteiger partial charge in [-0.15, -0.1) is 0 Å². The van der Waals surface area contributed by atoms with E-state index in [0.717, 1.165) is 25.7 Å². The maximum atomic E-state index is 12.2. The summed E-state index contributed by atoms with van der Waals surface area (Å²) in [5.41, 5.74) is 7.09. The quantitative estimate of drug-likeness (QED) is 0.841. The number of rotatable bonds is 3. The zero-order chi connectivity index (χ0) is 13.4. The molecule has 1 saturated carbocycles. The highest BCUT2D eigenvalue weighted by Crippen LogP contribution is 2.29. The molecule has 1 aliphatic heterocycles. The normalized spacial score (nSPS) is 26.1. The Labute approximate surface area is 112 Å². The van der Waals surface area contributed by atoms with E-state index in [1.165, 1.54) is 4.90 Å². The van der Waals surface area contributed by atoms with E-state index in [4.69, 9.17) is 5.73 Å². The number of hydrogen-bond donors (Lipinski definition) is 1. The van der Waals surface area contributed by atoms with Gasteiger partial charge in [-0.1, -0.05) is 18.6 Å². The lowest BCUT2D eigenvalue weighted by molar-refractivity contribution is 0.0644. The fourth-order valence-corrected chi connectivity index (χ4v) is 3.16. The molecule has 2 unspecified atom stereocenters. The number of fused-ring (bicyclic) bond motifs is 1. The lowest BCUT2D eigenvalue weighted by atomic mass is 10.00. The summed E-state index contributed by atoms with van der Waals surface area (Å²) in [7, 11) is 0. The van der Waals surface area contributed by atoms with Gasteiger partial charge in [0.1, 0.15) is 0 Å². The fraction of sp³-hybridized carbons (Fsp3) is 0.467. The van der Waals surface area contributed by atoms with Crippen molar-refractivity contribution in [3.8, 4) is 0 Å². The SMILES string of the molecule is NC1CCCC1CCN1C(=O)c2ccccc2C1=O. The average Bonchev–Trinajstić information content (AvgIpc) is 2.93. The zero-order valence-corrected chi connectivity index (χ0v) is 10.8. The Bertz CT molecular complexity index is 492. The summed E-state index contributed by atoms with van der Waals surface area (Å²) in [5, 5.41) is 0. The van der Waals surface area contributed by atoms with Crippen LogP contribution in [0.4, 0.5) is 0 Å². The van der Waals surface area contributed by atoms with Crippen molar-refractivity contribution in [1.29, 1.82) is 0 Å². The Morgan fingerprint density at radius 3 is 2.26 bits per heavy atom. The van der Waals surface area contributed by atoms with E-state index in [0.29, 0.717) is 23.6 Å². The number of amides is 2. The Morgan fingerprint density at radius 1 is 1.11 bits per heavy atom. The van der Waals surface area contributed by atoms with E-state index < -0.39 is 0 Å². The van der Waals surface area contributed by atoms with Crippen LogP contribution in [0, 0.1) is 5.92 Å². The van der Waals surface area contributed by atoms with Gasteiger partial charge < -0.3 is 5.73 Å². The minimum absolute atomic E-state index is 0.160. The number of nitrogens with zero attached hydrogens (tertiary/aromatic N) is 1.